The third kappa shape index (κ3) is 2.30. The number of hydrogen-bond donors (Lipinski definition) is 1. The molecule has 0 aromatic carbocycles. The van der Waals surface area contributed by atoms with Crippen molar-refractivity contribution in [2.45, 2.75) is 6.10 Å². The van der Waals surface area contributed by atoms with Gasteiger partial charge in [-0.1, -0.05) is 0 Å². The normalized spacial score (nSPS) is 21.4. The zero-order chi connectivity index (χ0) is 6.91. The molecule has 5 heteroatoms. The average Bonchev–Trinajstić information content (AvgIpc) is 1.53. The second-order valence-electron chi connectivity index (χ2n) is 2.08. The van der Waals surface area contributed by atoms with Crippen molar-refractivity contribution in [2.75, 3.05) is 19.3 Å². The molecule has 1 aliphatic rings. The zero-order valence-electron chi connectivity index (χ0n) is 5.12. The molecule has 0 atom stereocenters. The van der Waals surface area contributed by atoms with Gasteiger partial charge in [-0.15, -0.1) is 0 Å². The van der Waals surface area contributed by atoms with Crippen molar-refractivity contribution in [1.82, 2.24) is 5.32 Å². The standard InChI is InChI=1S/C4H9NO3S/c1-9(6,7)8-4-2-5-3-4/h4-5H,2-3H2,1H3. The monoisotopic (exact) mass is 151 g/mol. The second kappa shape index (κ2) is 2.24. The number of hydrogen-bond acceptors (Lipinski definition) is 4. The van der Waals surface area contributed by atoms with Crippen LogP contribution in [-0.2, 0) is 14.3 Å². The van der Waals surface area contributed by atoms with Crippen molar-refractivity contribution in [1.29, 1.82) is 0 Å². The van der Waals surface area contributed by atoms with Crippen molar-refractivity contribution in [3.63, 3.8) is 0 Å². The van der Waals surface area contributed by atoms with Crippen molar-refractivity contribution < 1.29 is 12.6 Å². The van der Waals surface area contributed by atoms with Gasteiger partial charge in [0.25, 0.3) is 10.1 Å². The highest BCUT2D eigenvalue weighted by molar-refractivity contribution is 7.86. The average molecular weight is 151 g/mol. The Morgan fingerprint density at radius 2 is 2.11 bits per heavy atom. The Bertz CT molecular complexity index is 182. The van der Waals surface area contributed by atoms with Crippen molar-refractivity contribution in [3.05, 3.63) is 0 Å². The number of rotatable bonds is 2. The van der Waals surface area contributed by atoms with E-state index >= 15 is 0 Å². The lowest BCUT2D eigenvalue weighted by Gasteiger charge is -2.25. The molecular weight excluding hydrogens is 142 g/mol. The molecule has 0 saturated carbocycles. The fourth-order valence-electron chi connectivity index (χ4n) is 0.577. The van der Waals surface area contributed by atoms with Crippen LogP contribution in [0.1, 0.15) is 0 Å². The van der Waals surface area contributed by atoms with Crippen molar-refractivity contribution in [2.24, 2.45) is 0 Å². The SMILES string of the molecule is CS(=O)(=O)OC1CNC1. The summed E-state index contributed by atoms with van der Waals surface area (Å²) in [6.07, 6.45) is 0.936. The molecule has 0 aliphatic carbocycles. The highest BCUT2D eigenvalue weighted by Gasteiger charge is 2.21. The van der Waals surface area contributed by atoms with Gasteiger partial charge < -0.3 is 5.32 Å². The summed E-state index contributed by atoms with van der Waals surface area (Å²) in [5.41, 5.74) is 0. The summed E-state index contributed by atoms with van der Waals surface area (Å²) in [5.74, 6) is 0. The van der Waals surface area contributed by atoms with Crippen LogP contribution < -0.4 is 5.32 Å². The second-order valence-corrected chi connectivity index (χ2v) is 3.68. The fourth-order valence-corrected chi connectivity index (χ4v) is 1.21. The van der Waals surface area contributed by atoms with Gasteiger partial charge in [0.15, 0.2) is 0 Å². The Morgan fingerprint density at radius 1 is 1.56 bits per heavy atom. The van der Waals surface area contributed by atoms with Crippen LogP contribution in [0.5, 0.6) is 0 Å². The molecule has 4 nitrogen and oxygen atoms in total. The van der Waals surface area contributed by atoms with E-state index in [-0.39, 0.29) is 6.10 Å². The maximum absolute atomic E-state index is 10.4. The van der Waals surface area contributed by atoms with E-state index in [9.17, 15) is 8.42 Å². The van der Waals surface area contributed by atoms with Gasteiger partial charge in [0.2, 0.25) is 0 Å². The molecule has 1 saturated heterocycles. The van der Waals surface area contributed by atoms with Crippen LogP contribution in [0.25, 0.3) is 0 Å². The molecule has 1 heterocycles. The summed E-state index contributed by atoms with van der Waals surface area (Å²) in [4.78, 5) is 0. The van der Waals surface area contributed by atoms with E-state index in [2.05, 4.69) is 9.50 Å². The minimum Gasteiger partial charge on any atom is -0.311 e. The lowest BCUT2D eigenvalue weighted by Crippen LogP contribution is -2.49. The molecule has 54 valence electrons. The predicted octanol–water partition coefficient (Wildman–Crippen LogP) is -1.07. The summed E-state index contributed by atoms with van der Waals surface area (Å²) < 4.78 is 25.4. The van der Waals surface area contributed by atoms with Crippen LogP contribution in [0, 0.1) is 0 Å². The Balaban J connectivity index is 2.33. The molecule has 1 rings (SSSR count). The van der Waals surface area contributed by atoms with E-state index in [0.717, 1.165) is 6.26 Å². The molecule has 0 aromatic heterocycles. The van der Waals surface area contributed by atoms with Crippen molar-refractivity contribution >= 4 is 10.1 Å². The van der Waals surface area contributed by atoms with Gasteiger partial charge in [-0.3, -0.25) is 4.18 Å². The molecule has 1 aliphatic heterocycles. The molecule has 0 aromatic rings. The summed E-state index contributed by atoms with van der Waals surface area (Å²) in [5, 5.41) is 2.89. The van der Waals surface area contributed by atoms with Gasteiger partial charge >= 0.3 is 0 Å². The van der Waals surface area contributed by atoms with E-state index < -0.39 is 10.1 Å². The zero-order valence-corrected chi connectivity index (χ0v) is 5.94. The minimum absolute atomic E-state index is 0.125. The Hall–Kier alpha value is -0.130. The molecule has 1 N–H and O–H groups in total. The molecule has 0 unspecified atom stereocenters. The molecular formula is C4H9NO3S. The van der Waals surface area contributed by atoms with Gasteiger partial charge in [0, 0.05) is 13.1 Å². The van der Waals surface area contributed by atoms with Gasteiger partial charge in [-0.2, -0.15) is 8.42 Å². The third-order valence-corrected chi connectivity index (χ3v) is 1.68. The first-order valence-electron chi connectivity index (χ1n) is 2.67. The maximum atomic E-state index is 10.4. The Labute approximate surface area is 54.3 Å². The van der Waals surface area contributed by atoms with Crippen LogP contribution >= 0.6 is 0 Å². The quantitative estimate of drug-likeness (QED) is 0.511. The molecule has 0 spiro atoms. The topological polar surface area (TPSA) is 55.4 Å². The molecule has 1 fully saturated rings. The summed E-state index contributed by atoms with van der Waals surface area (Å²) in [7, 11) is -3.22. The van der Waals surface area contributed by atoms with Gasteiger partial charge in [0.05, 0.1) is 6.26 Å². The molecule has 0 bridgehead atoms. The van der Waals surface area contributed by atoms with E-state index in [4.69, 9.17) is 0 Å². The molecule has 0 amide bonds. The van der Waals surface area contributed by atoms with Gasteiger partial charge in [-0.05, 0) is 0 Å². The first-order chi connectivity index (χ1) is 4.08. The fraction of sp³-hybridized carbons (Fsp3) is 1.00. The minimum atomic E-state index is -3.22. The lowest BCUT2D eigenvalue weighted by molar-refractivity contribution is 0.151. The summed E-state index contributed by atoms with van der Waals surface area (Å²) in [6.45, 7) is 1.29. The highest BCUT2D eigenvalue weighted by Crippen LogP contribution is 2.01. The summed E-state index contributed by atoms with van der Waals surface area (Å²) >= 11 is 0. The largest absolute Gasteiger partial charge is 0.311 e. The first kappa shape index (κ1) is 6.98. The van der Waals surface area contributed by atoms with Gasteiger partial charge in [0.1, 0.15) is 6.10 Å². The van der Waals surface area contributed by atoms with Crippen LogP contribution in [0.15, 0.2) is 0 Å². The van der Waals surface area contributed by atoms with Crippen LogP contribution in [0.2, 0.25) is 0 Å². The van der Waals surface area contributed by atoms with Crippen LogP contribution in [-0.4, -0.2) is 33.9 Å². The van der Waals surface area contributed by atoms with E-state index in [1.807, 2.05) is 0 Å². The highest BCUT2D eigenvalue weighted by atomic mass is 32.2. The first-order valence-corrected chi connectivity index (χ1v) is 4.48. The maximum Gasteiger partial charge on any atom is 0.264 e. The number of nitrogens with one attached hydrogen (secondary N) is 1. The third-order valence-electron chi connectivity index (χ3n) is 1.05. The van der Waals surface area contributed by atoms with E-state index in [1.165, 1.54) is 0 Å². The predicted molar refractivity (Wildman–Crippen MR) is 32.6 cm³/mol. The Kier molecular flexibility index (Phi) is 1.74. The van der Waals surface area contributed by atoms with E-state index in [1.54, 1.807) is 0 Å². The molecule has 9 heavy (non-hydrogen) atoms. The molecule has 0 radical (unpaired) electrons. The van der Waals surface area contributed by atoms with Crippen LogP contribution in [0.4, 0.5) is 0 Å². The van der Waals surface area contributed by atoms with Crippen molar-refractivity contribution in [3.8, 4) is 0 Å². The van der Waals surface area contributed by atoms with Gasteiger partial charge in [-0.25, -0.2) is 0 Å². The van der Waals surface area contributed by atoms with E-state index in [0.29, 0.717) is 13.1 Å². The Morgan fingerprint density at radius 3 is 2.22 bits per heavy atom. The lowest BCUT2D eigenvalue weighted by atomic mass is 10.2. The summed E-state index contributed by atoms with van der Waals surface area (Å²) in [6, 6.07) is 0. The smallest absolute Gasteiger partial charge is 0.264 e. The van der Waals surface area contributed by atoms with Crippen LogP contribution in [0.3, 0.4) is 0 Å².